The summed E-state index contributed by atoms with van der Waals surface area (Å²) in [6, 6.07) is 0. The second kappa shape index (κ2) is 4.90. The van der Waals surface area contributed by atoms with Crippen LogP contribution in [0.5, 0.6) is 0 Å². The Bertz CT molecular complexity index is 591. The molecule has 0 aromatic heterocycles. The second-order valence-corrected chi connectivity index (χ2v) is 5.89. The minimum atomic E-state index is -1.79. The number of carbonyl (C=O) groups is 2. The van der Waals surface area contributed by atoms with Crippen LogP contribution in [0.25, 0.3) is 0 Å². The summed E-state index contributed by atoms with van der Waals surface area (Å²) in [5.41, 5.74) is 10.8. The average molecular weight is 292 g/mol. The number of aliphatic imine (C=N–C) groups is 3. The third kappa shape index (κ3) is 2.35. The van der Waals surface area contributed by atoms with Gasteiger partial charge in [-0.25, -0.2) is 20.3 Å². The number of Topliss-reactive ketones (excluding diaryl/α,β-unsaturated/α-hetero) is 2. The van der Waals surface area contributed by atoms with Crippen LogP contribution in [0.2, 0.25) is 0 Å². The topological polar surface area (TPSA) is 135 Å². The van der Waals surface area contributed by atoms with E-state index in [2.05, 4.69) is 20.3 Å². The van der Waals surface area contributed by atoms with Crippen molar-refractivity contribution in [3.8, 4) is 0 Å². The molecule has 8 heteroatoms. The van der Waals surface area contributed by atoms with Crippen molar-refractivity contribution >= 4 is 29.5 Å². The number of ketones is 2. The molecule has 2 aliphatic rings. The lowest BCUT2D eigenvalue weighted by Crippen LogP contribution is -2.79. The number of hydrogen-bond acceptors (Lipinski definition) is 8. The molecule has 0 saturated heterocycles. The van der Waals surface area contributed by atoms with Crippen molar-refractivity contribution in [1.29, 1.82) is 0 Å². The lowest BCUT2D eigenvalue weighted by atomic mass is 9.87. The van der Waals surface area contributed by atoms with Crippen LogP contribution in [0, 0.1) is 11.8 Å². The molecule has 0 aromatic carbocycles. The fourth-order valence-corrected chi connectivity index (χ4v) is 2.37. The van der Waals surface area contributed by atoms with E-state index >= 15 is 0 Å². The molecule has 2 unspecified atom stereocenters. The Labute approximate surface area is 122 Å². The van der Waals surface area contributed by atoms with Crippen LogP contribution < -0.4 is 16.8 Å². The highest BCUT2D eigenvalue weighted by Gasteiger charge is 2.54. The summed E-state index contributed by atoms with van der Waals surface area (Å²) in [7, 11) is 0. The Morgan fingerprint density at radius 1 is 1.14 bits per heavy atom. The van der Waals surface area contributed by atoms with Crippen LogP contribution in [-0.4, -0.2) is 40.9 Å². The molecule has 8 nitrogen and oxygen atoms in total. The highest BCUT2D eigenvalue weighted by Crippen LogP contribution is 2.24. The highest BCUT2D eigenvalue weighted by atomic mass is 16.1. The number of nitrogens with one attached hydrogen (secondary N) is 1. The van der Waals surface area contributed by atoms with E-state index < -0.39 is 11.4 Å². The molecule has 0 amide bonds. The molecule has 0 aliphatic carbocycles. The predicted molar refractivity (Wildman–Crippen MR) is 80.0 cm³/mol. The van der Waals surface area contributed by atoms with Crippen molar-refractivity contribution in [2.75, 3.05) is 0 Å². The van der Waals surface area contributed by atoms with Gasteiger partial charge in [-0.2, -0.15) is 0 Å². The first-order valence-electron chi connectivity index (χ1n) is 6.78. The first-order chi connectivity index (χ1) is 9.62. The van der Waals surface area contributed by atoms with Gasteiger partial charge in [-0.05, 0) is 0 Å². The average Bonchev–Trinajstić information content (AvgIpc) is 2.85. The van der Waals surface area contributed by atoms with Gasteiger partial charge in [0.15, 0.2) is 23.1 Å². The molecule has 5 N–H and O–H groups in total. The summed E-state index contributed by atoms with van der Waals surface area (Å²) >= 11 is 0. The molecule has 0 fully saturated rings. The van der Waals surface area contributed by atoms with E-state index in [-0.39, 0.29) is 34.9 Å². The van der Waals surface area contributed by atoms with Gasteiger partial charge in [0.05, 0.1) is 0 Å². The maximum atomic E-state index is 12.5. The predicted octanol–water partition coefficient (Wildman–Crippen LogP) is -0.811. The van der Waals surface area contributed by atoms with E-state index in [1.165, 1.54) is 6.34 Å². The Morgan fingerprint density at radius 3 is 2.24 bits per heavy atom. The quantitative estimate of drug-likeness (QED) is 0.622. The molecule has 2 heterocycles. The van der Waals surface area contributed by atoms with Crippen LogP contribution in [0.3, 0.4) is 0 Å². The SMILES string of the molecule is CC(C)C(=O)C1(N)N=C2N=CN=C2C(N)(C(=O)C(C)C)N1. The van der Waals surface area contributed by atoms with Gasteiger partial charge < -0.3 is 5.73 Å². The van der Waals surface area contributed by atoms with Gasteiger partial charge in [0.25, 0.3) is 0 Å². The van der Waals surface area contributed by atoms with Crippen molar-refractivity contribution in [3.63, 3.8) is 0 Å². The Kier molecular flexibility index (Phi) is 3.64. The van der Waals surface area contributed by atoms with E-state index in [1.54, 1.807) is 27.7 Å². The summed E-state index contributed by atoms with van der Waals surface area (Å²) in [5, 5.41) is 2.70. The standard InChI is InChI=1S/C13H20N6O2/c1-6(2)9(20)12(14)8-11(17-5-16-8)18-13(15,19-12)10(21)7(3)4/h5-7,19H,14-15H2,1-4H3. The number of rotatable bonds is 4. The first-order valence-corrected chi connectivity index (χ1v) is 6.78. The third-order valence-electron chi connectivity index (χ3n) is 3.44. The summed E-state index contributed by atoms with van der Waals surface area (Å²) in [5.74, 6) is -3.11. The largest absolute Gasteiger partial charge is 0.302 e. The third-order valence-corrected chi connectivity index (χ3v) is 3.44. The Morgan fingerprint density at radius 2 is 1.71 bits per heavy atom. The minimum absolute atomic E-state index is 0.127. The lowest BCUT2D eigenvalue weighted by molar-refractivity contribution is -0.131. The van der Waals surface area contributed by atoms with Gasteiger partial charge in [-0.1, -0.05) is 27.7 Å². The first kappa shape index (κ1) is 15.6. The van der Waals surface area contributed by atoms with Crippen molar-refractivity contribution in [3.05, 3.63) is 0 Å². The van der Waals surface area contributed by atoms with E-state index in [1.807, 2.05) is 0 Å². The molecule has 0 spiro atoms. The Balaban J connectivity index is 2.55. The lowest BCUT2D eigenvalue weighted by Gasteiger charge is -2.41. The number of carbonyl (C=O) groups excluding carboxylic acids is 2. The monoisotopic (exact) mass is 292 g/mol. The van der Waals surface area contributed by atoms with Gasteiger partial charge in [0, 0.05) is 11.8 Å². The van der Waals surface area contributed by atoms with Gasteiger partial charge in [-0.3, -0.25) is 15.3 Å². The van der Waals surface area contributed by atoms with Crippen LogP contribution in [-0.2, 0) is 9.59 Å². The molecule has 0 saturated carbocycles. The number of amidine groups is 1. The van der Waals surface area contributed by atoms with Crippen LogP contribution >= 0.6 is 0 Å². The number of hydrogen-bond donors (Lipinski definition) is 3. The summed E-state index contributed by atoms with van der Waals surface area (Å²) in [6.45, 7) is 6.82. The summed E-state index contributed by atoms with van der Waals surface area (Å²) < 4.78 is 0. The van der Waals surface area contributed by atoms with E-state index in [0.717, 1.165) is 0 Å². The Hall–Kier alpha value is -1.77. The summed E-state index contributed by atoms with van der Waals surface area (Å²) in [4.78, 5) is 36.9. The molecule has 2 aliphatic heterocycles. The second-order valence-electron chi connectivity index (χ2n) is 5.89. The van der Waals surface area contributed by atoms with Gasteiger partial charge in [0.2, 0.25) is 5.79 Å². The molecule has 2 rings (SSSR count). The van der Waals surface area contributed by atoms with Gasteiger partial charge in [-0.15, -0.1) is 0 Å². The smallest absolute Gasteiger partial charge is 0.227 e. The number of nitrogens with two attached hydrogens (primary N) is 2. The zero-order valence-electron chi connectivity index (χ0n) is 12.5. The van der Waals surface area contributed by atoms with Gasteiger partial charge >= 0.3 is 0 Å². The minimum Gasteiger partial charge on any atom is -0.302 e. The zero-order chi connectivity index (χ0) is 16.0. The van der Waals surface area contributed by atoms with Crippen LogP contribution in [0.4, 0.5) is 0 Å². The maximum absolute atomic E-state index is 12.5. The normalized spacial score (nSPS) is 31.2. The molecular formula is C13H20N6O2. The molecular weight excluding hydrogens is 272 g/mol. The zero-order valence-corrected chi connectivity index (χ0v) is 12.5. The van der Waals surface area contributed by atoms with Crippen LogP contribution in [0.15, 0.2) is 15.0 Å². The summed E-state index contributed by atoms with van der Waals surface area (Å²) in [6.07, 6.45) is 1.25. The molecule has 2 atom stereocenters. The van der Waals surface area contributed by atoms with Crippen LogP contribution in [0.1, 0.15) is 27.7 Å². The van der Waals surface area contributed by atoms with Gasteiger partial charge in [0.1, 0.15) is 12.1 Å². The maximum Gasteiger partial charge on any atom is 0.227 e. The molecule has 0 radical (unpaired) electrons. The van der Waals surface area contributed by atoms with E-state index in [9.17, 15) is 9.59 Å². The van der Waals surface area contributed by atoms with E-state index in [4.69, 9.17) is 11.5 Å². The molecule has 0 aromatic rings. The fraction of sp³-hybridized carbons (Fsp3) is 0.615. The molecule has 21 heavy (non-hydrogen) atoms. The van der Waals surface area contributed by atoms with Crippen molar-refractivity contribution in [2.24, 2.45) is 38.3 Å². The number of fused-ring (bicyclic) bond motifs is 1. The van der Waals surface area contributed by atoms with Crippen molar-refractivity contribution in [1.82, 2.24) is 5.32 Å². The van der Waals surface area contributed by atoms with Crippen molar-refractivity contribution < 1.29 is 9.59 Å². The number of nitrogens with zero attached hydrogens (tertiary/aromatic N) is 3. The van der Waals surface area contributed by atoms with Crippen molar-refractivity contribution in [2.45, 2.75) is 39.1 Å². The fourth-order valence-electron chi connectivity index (χ4n) is 2.37. The molecule has 0 bridgehead atoms. The highest BCUT2D eigenvalue weighted by molar-refractivity contribution is 6.53. The molecule has 114 valence electrons. The van der Waals surface area contributed by atoms with E-state index in [0.29, 0.717) is 0 Å².